The summed E-state index contributed by atoms with van der Waals surface area (Å²) in [5, 5.41) is 0. The summed E-state index contributed by atoms with van der Waals surface area (Å²) < 4.78 is 10.9. The van der Waals surface area contributed by atoms with Crippen molar-refractivity contribution in [2.75, 3.05) is 18.6 Å². The van der Waals surface area contributed by atoms with Crippen molar-refractivity contribution in [2.24, 2.45) is 0 Å². The molecule has 2 rings (SSSR count). The van der Waals surface area contributed by atoms with Gasteiger partial charge in [0.25, 0.3) is 5.91 Å². The van der Waals surface area contributed by atoms with Gasteiger partial charge in [0.05, 0.1) is 12.8 Å². The second-order valence-corrected chi connectivity index (χ2v) is 4.79. The van der Waals surface area contributed by atoms with Gasteiger partial charge in [-0.1, -0.05) is 13.3 Å². The maximum atomic E-state index is 12.3. The lowest BCUT2D eigenvalue weighted by Crippen LogP contribution is -2.45. The molecule has 0 fully saturated rings. The molecule has 1 heterocycles. The van der Waals surface area contributed by atoms with E-state index >= 15 is 0 Å². The molecule has 0 aliphatic carbocycles. The van der Waals surface area contributed by atoms with E-state index in [-0.39, 0.29) is 5.91 Å². The number of fused-ring (bicyclic) bond motifs is 1. The van der Waals surface area contributed by atoms with E-state index in [1.54, 1.807) is 24.0 Å². The number of rotatable bonds is 5. The molecule has 0 spiro atoms. The summed E-state index contributed by atoms with van der Waals surface area (Å²) in [6.45, 7) is 4.40. The van der Waals surface area contributed by atoms with Crippen molar-refractivity contribution < 1.29 is 19.1 Å². The Labute approximate surface area is 118 Å². The van der Waals surface area contributed by atoms with Gasteiger partial charge in [0.1, 0.15) is 6.29 Å². The van der Waals surface area contributed by atoms with Crippen LogP contribution in [0.5, 0.6) is 11.5 Å². The topological polar surface area (TPSA) is 55.8 Å². The Morgan fingerprint density at radius 1 is 1.45 bits per heavy atom. The summed E-state index contributed by atoms with van der Waals surface area (Å²) in [6, 6.07) is 3.29. The van der Waals surface area contributed by atoms with Gasteiger partial charge in [-0.2, -0.15) is 0 Å². The third-order valence-electron chi connectivity index (χ3n) is 3.35. The van der Waals surface area contributed by atoms with Crippen LogP contribution in [0.3, 0.4) is 0 Å². The van der Waals surface area contributed by atoms with E-state index in [0.29, 0.717) is 29.3 Å². The molecule has 0 saturated carbocycles. The molecule has 1 aromatic carbocycles. The fraction of sp³-hybridized carbons (Fsp3) is 0.467. The Kier molecular flexibility index (Phi) is 4.27. The predicted molar refractivity (Wildman–Crippen MR) is 75.7 cm³/mol. The highest BCUT2D eigenvalue weighted by molar-refractivity contribution is 6.01. The molecule has 0 bridgehead atoms. The highest BCUT2D eigenvalue weighted by atomic mass is 16.5. The Morgan fingerprint density at radius 3 is 2.80 bits per heavy atom. The van der Waals surface area contributed by atoms with Crippen molar-refractivity contribution in [3.8, 4) is 11.5 Å². The van der Waals surface area contributed by atoms with Gasteiger partial charge < -0.3 is 14.4 Å². The Morgan fingerprint density at radius 2 is 2.20 bits per heavy atom. The van der Waals surface area contributed by atoms with Gasteiger partial charge in [-0.15, -0.1) is 0 Å². The number of unbranched alkanes of at least 4 members (excludes halogenated alkanes) is 1. The largest absolute Gasteiger partial charge is 0.493 e. The van der Waals surface area contributed by atoms with Crippen molar-refractivity contribution >= 4 is 17.9 Å². The number of amides is 1. The summed E-state index contributed by atoms with van der Waals surface area (Å²) in [5.41, 5.74) is 1.08. The lowest BCUT2D eigenvalue weighted by Gasteiger charge is -2.34. The van der Waals surface area contributed by atoms with Gasteiger partial charge in [0, 0.05) is 12.1 Å². The quantitative estimate of drug-likeness (QED) is 0.776. The van der Waals surface area contributed by atoms with Crippen molar-refractivity contribution in [3.05, 3.63) is 17.7 Å². The molecule has 0 N–H and O–H groups in total. The van der Waals surface area contributed by atoms with E-state index in [0.717, 1.165) is 19.1 Å². The predicted octanol–water partition coefficient (Wildman–Crippen LogP) is 2.42. The molecule has 5 nitrogen and oxygen atoms in total. The summed E-state index contributed by atoms with van der Waals surface area (Å²) >= 11 is 0. The van der Waals surface area contributed by atoms with Gasteiger partial charge in [0.15, 0.2) is 17.6 Å². The lowest BCUT2D eigenvalue weighted by molar-refractivity contribution is -0.125. The van der Waals surface area contributed by atoms with Crippen LogP contribution in [-0.4, -0.2) is 32.0 Å². The number of aldehydes is 1. The van der Waals surface area contributed by atoms with Crippen LogP contribution in [-0.2, 0) is 4.79 Å². The lowest BCUT2D eigenvalue weighted by atomic mass is 10.1. The average molecular weight is 277 g/mol. The maximum absolute atomic E-state index is 12.3. The monoisotopic (exact) mass is 277 g/mol. The number of carbonyl (C=O) groups excluding carboxylic acids is 2. The van der Waals surface area contributed by atoms with Gasteiger partial charge in [-0.3, -0.25) is 9.59 Å². The Balaban J connectivity index is 2.52. The number of ether oxygens (including phenoxy) is 2. The third kappa shape index (κ3) is 2.48. The number of nitrogens with zero attached hydrogens (tertiary/aromatic N) is 1. The van der Waals surface area contributed by atoms with Crippen molar-refractivity contribution in [2.45, 2.75) is 32.8 Å². The zero-order valence-corrected chi connectivity index (χ0v) is 12.0. The summed E-state index contributed by atoms with van der Waals surface area (Å²) in [4.78, 5) is 25.0. The van der Waals surface area contributed by atoms with E-state index in [9.17, 15) is 9.59 Å². The van der Waals surface area contributed by atoms with E-state index in [1.807, 2.05) is 0 Å². The molecule has 1 aromatic rings. The highest BCUT2D eigenvalue weighted by Gasteiger charge is 2.33. The fourth-order valence-electron chi connectivity index (χ4n) is 2.26. The number of benzene rings is 1. The van der Waals surface area contributed by atoms with Gasteiger partial charge in [-0.25, -0.2) is 0 Å². The van der Waals surface area contributed by atoms with Crippen molar-refractivity contribution in [1.82, 2.24) is 0 Å². The molecular formula is C15H19NO4. The smallest absolute Gasteiger partial charge is 0.267 e. The Bertz CT molecular complexity index is 527. The van der Waals surface area contributed by atoms with Crippen LogP contribution >= 0.6 is 0 Å². The fourth-order valence-corrected chi connectivity index (χ4v) is 2.26. The minimum atomic E-state index is -0.546. The molecule has 1 aliphatic heterocycles. The van der Waals surface area contributed by atoms with E-state index < -0.39 is 6.10 Å². The SMILES string of the molecule is CCCCN1C(=O)C(C)Oc2c(OC)cc(C=O)cc21. The minimum Gasteiger partial charge on any atom is -0.493 e. The number of hydrogen-bond acceptors (Lipinski definition) is 4. The van der Waals surface area contributed by atoms with Gasteiger partial charge in [0.2, 0.25) is 0 Å². The zero-order valence-electron chi connectivity index (χ0n) is 12.0. The molecule has 108 valence electrons. The summed E-state index contributed by atoms with van der Waals surface area (Å²) in [6.07, 6.45) is 2.07. The average Bonchev–Trinajstić information content (AvgIpc) is 2.47. The first kappa shape index (κ1) is 14.4. The van der Waals surface area contributed by atoms with E-state index in [4.69, 9.17) is 9.47 Å². The molecular weight excluding hydrogens is 258 g/mol. The normalized spacial score (nSPS) is 17.4. The first-order valence-electron chi connectivity index (χ1n) is 6.77. The van der Waals surface area contributed by atoms with E-state index in [1.165, 1.54) is 7.11 Å². The van der Waals surface area contributed by atoms with Crippen molar-refractivity contribution in [1.29, 1.82) is 0 Å². The molecule has 1 aliphatic rings. The second-order valence-electron chi connectivity index (χ2n) is 4.79. The maximum Gasteiger partial charge on any atom is 0.267 e. The molecule has 0 aromatic heterocycles. The minimum absolute atomic E-state index is 0.0870. The first-order chi connectivity index (χ1) is 9.62. The molecule has 5 heteroatoms. The molecule has 1 amide bonds. The van der Waals surface area contributed by atoms with Crippen LogP contribution in [0.1, 0.15) is 37.0 Å². The van der Waals surface area contributed by atoms with Crippen LogP contribution < -0.4 is 14.4 Å². The summed E-state index contributed by atoms with van der Waals surface area (Å²) in [7, 11) is 1.52. The number of carbonyl (C=O) groups is 2. The summed E-state index contributed by atoms with van der Waals surface area (Å²) in [5.74, 6) is 0.919. The zero-order chi connectivity index (χ0) is 14.7. The van der Waals surface area contributed by atoms with Crippen molar-refractivity contribution in [3.63, 3.8) is 0 Å². The highest BCUT2D eigenvalue weighted by Crippen LogP contribution is 2.42. The standard InChI is InChI=1S/C15H19NO4/c1-4-5-6-16-12-7-11(9-17)8-13(19-3)14(12)20-10(2)15(16)18/h7-10H,4-6H2,1-3H3. The number of methoxy groups -OCH3 is 1. The van der Waals surface area contributed by atoms with Crippen LogP contribution in [0.25, 0.3) is 0 Å². The molecule has 0 radical (unpaired) electrons. The molecule has 0 saturated heterocycles. The van der Waals surface area contributed by atoms with Crippen LogP contribution in [0.15, 0.2) is 12.1 Å². The van der Waals surface area contributed by atoms with Crippen LogP contribution in [0.2, 0.25) is 0 Å². The molecule has 1 unspecified atom stereocenters. The number of anilines is 1. The second kappa shape index (κ2) is 5.94. The molecule has 20 heavy (non-hydrogen) atoms. The van der Waals surface area contributed by atoms with Gasteiger partial charge in [-0.05, 0) is 25.5 Å². The Hall–Kier alpha value is -2.04. The van der Waals surface area contributed by atoms with Crippen LogP contribution in [0.4, 0.5) is 5.69 Å². The van der Waals surface area contributed by atoms with E-state index in [2.05, 4.69) is 6.92 Å². The first-order valence-corrected chi connectivity index (χ1v) is 6.77. The molecule has 1 atom stereocenters. The third-order valence-corrected chi connectivity index (χ3v) is 3.35. The van der Waals surface area contributed by atoms with Crippen LogP contribution in [0, 0.1) is 0 Å². The van der Waals surface area contributed by atoms with Gasteiger partial charge >= 0.3 is 0 Å². The number of hydrogen-bond donors (Lipinski definition) is 0.